The number of halogens is 1. The average Bonchev–Trinajstić information content (AvgIpc) is 2.62. The summed E-state index contributed by atoms with van der Waals surface area (Å²) >= 11 is 0. The van der Waals surface area contributed by atoms with Gasteiger partial charge in [-0.3, -0.25) is 9.48 Å². The van der Waals surface area contributed by atoms with Gasteiger partial charge in [0, 0.05) is 18.7 Å². The first-order chi connectivity index (χ1) is 7.24. The number of aromatic nitrogens is 2. The molecule has 0 saturated carbocycles. The number of nitrogens with zero attached hydrogens (tertiary/aromatic N) is 2. The van der Waals surface area contributed by atoms with Gasteiger partial charge < -0.3 is 15.5 Å². The van der Waals surface area contributed by atoms with Crippen molar-refractivity contribution in [2.75, 3.05) is 13.2 Å². The molecule has 7 heteroatoms. The highest BCUT2D eigenvalue weighted by Crippen LogP contribution is 2.23. The van der Waals surface area contributed by atoms with Crippen molar-refractivity contribution in [1.82, 2.24) is 15.1 Å². The third-order valence-electron chi connectivity index (χ3n) is 2.61. The van der Waals surface area contributed by atoms with E-state index in [0.717, 1.165) is 11.3 Å². The molecular weight excluding hydrogens is 234 g/mol. The smallest absolute Gasteiger partial charge is 0.312 e. The van der Waals surface area contributed by atoms with Crippen LogP contribution in [0.25, 0.3) is 0 Å². The van der Waals surface area contributed by atoms with Crippen molar-refractivity contribution in [2.24, 2.45) is 0 Å². The first-order valence-corrected chi connectivity index (χ1v) is 4.83. The molecule has 0 fully saturated rings. The largest absolute Gasteiger partial charge is 0.481 e. The summed E-state index contributed by atoms with van der Waals surface area (Å²) in [7, 11) is 0. The molecule has 2 heterocycles. The molecule has 0 amide bonds. The van der Waals surface area contributed by atoms with Gasteiger partial charge in [0.1, 0.15) is 0 Å². The number of aliphatic carboxylic acids is 1. The zero-order chi connectivity index (χ0) is 10.8. The molecule has 0 bridgehead atoms. The number of hydrogen-bond acceptors (Lipinski definition) is 4. The first-order valence-electron chi connectivity index (χ1n) is 4.83. The Kier molecular flexibility index (Phi) is 4.28. The van der Waals surface area contributed by atoms with Crippen LogP contribution in [0.4, 0.5) is 0 Å². The van der Waals surface area contributed by atoms with E-state index in [9.17, 15) is 4.79 Å². The van der Waals surface area contributed by atoms with Crippen molar-refractivity contribution in [3.05, 3.63) is 17.5 Å². The summed E-state index contributed by atoms with van der Waals surface area (Å²) in [6, 6.07) is 0. The van der Waals surface area contributed by atoms with Crippen LogP contribution in [-0.4, -0.2) is 39.1 Å². The third kappa shape index (κ3) is 2.18. The highest BCUT2D eigenvalue weighted by atomic mass is 35.5. The summed E-state index contributed by atoms with van der Waals surface area (Å²) in [6.07, 6.45) is 1.59. The van der Waals surface area contributed by atoms with Gasteiger partial charge in [-0.15, -0.1) is 12.4 Å². The fourth-order valence-electron chi connectivity index (χ4n) is 1.86. The van der Waals surface area contributed by atoms with E-state index in [1.165, 1.54) is 0 Å². The van der Waals surface area contributed by atoms with Gasteiger partial charge >= 0.3 is 5.97 Å². The van der Waals surface area contributed by atoms with Crippen LogP contribution < -0.4 is 5.32 Å². The minimum atomic E-state index is -0.841. The molecular formula is C9H14ClN3O3. The van der Waals surface area contributed by atoms with E-state index in [1.54, 1.807) is 10.9 Å². The van der Waals surface area contributed by atoms with Gasteiger partial charge in [0.25, 0.3) is 0 Å². The van der Waals surface area contributed by atoms with E-state index in [2.05, 4.69) is 10.4 Å². The molecule has 90 valence electrons. The van der Waals surface area contributed by atoms with Crippen molar-refractivity contribution < 1.29 is 15.0 Å². The minimum Gasteiger partial charge on any atom is -0.481 e. The summed E-state index contributed by atoms with van der Waals surface area (Å²) in [5, 5.41) is 24.9. The number of aliphatic hydroxyl groups excluding tert-OH is 1. The fourth-order valence-corrected chi connectivity index (χ4v) is 1.86. The lowest BCUT2D eigenvalue weighted by atomic mass is 9.96. The maximum absolute atomic E-state index is 11.0. The highest BCUT2D eigenvalue weighted by Gasteiger charge is 2.28. The number of aliphatic hydroxyl groups is 1. The van der Waals surface area contributed by atoms with Crippen molar-refractivity contribution in [3.63, 3.8) is 0 Å². The van der Waals surface area contributed by atoms with Gasteiger partial charge in [0.2, 0.25) is 0 Å². The second-order valence-corrected chi connectivity index (χ2v) is 3.52. The molecule has 1 aromatic heterocycles. The van der Waals surface area contributed by atoms with Crippen LogP contribution in [0, 0.1) is 0 Å². The van der Waals surface area contributed by atoms with E-state index in [1.807, 2.05) is 0 Å². The first kappa shape index (κ1) is 13.0. The van der Waals surface area contributed by atoms with Crippen LogP contribution in [0.3, 0.4) is 0 Å². The maximum Gasteiger partial charge on any atom is 0.312 e. The second kappa shape index (κ2) is 5.29. The summed E-state index contributed by atoms with van der Waals surface area (Å²) in [4.78, 5) is 11.0. The van der Waals surface area contributed by atoms with Crippen molar-refractivity contribution in [1.29, 1.82) is 0 Å². The molecule has 0 aromatic carbocycles. The Morgan fingerprint density at radius 1 is 1.69 bits per heavy atom. The Balaban J connectivity index is 0.00000128. The standard InChI is InChI=1S/C9H13N3O3.ClH/c13-2-1-12-8-5-10-3-7(9(14)15)6(8)4-11-12;/h4,7,10,13H,1-3,5H2,(H,14,15);1H. The molecule has 0 saturated heterocycles. The Labute approximate surface area is 98.7 Å². The SMILES string of the molecule is Cl.O=C(O)C1CNCc2c1cnn2CCO. The van der Waals surface area contributed by atoms with Crippen molar-refractivity contribution in [3.8, 4) is 0 Å². The minimum absolute atomic E-state index is 0. The van der Waals surface area contributed by atoms with Gasteiger partial charge in [0.05, 0.1) is 31.0 Å². The summed E-state index contributed by atoms with van der Waals surface area (Å²) in [5.74, 6) is -1.37. The lowest BCUT2D eigenvalue weighted by Gasteiger charge is -2.20. The molecule has 0 radical (unpaired) electrons. The van der Waals surface area contributed by atoms with Crippen molar-refractivity contribution in [2.45, 2.75) is 19.0 Å². The lowest BCUT2D eigenvalue weighted by molar-refractivity contribution is -0.138. The van der Waals surface area contributed by atoms with Crippen LogP contribution in [0.15, 0.2) is 6.20 Å². The molecule has 3 N–H and O–H groups in total. The Morgan fingerprint density at radius 2 is 2.44 bits per heavy atom. The average molecular weight is 248 g/mol. The van der Waals surface area contributed by atoms with Crippen LogP contribution in [-0.2, 0) is 17.9 Å². The maximum atomic E-state index is 11.0. The van der Waals surface area contributed by atoms with Crippen LogP contribution in [0.2, 0.25) is 0 Å². The van der Waals surface area contributed by atoms with Crippen molar-refractivity contribution >= 4 is 18.4 Å². The van der Waals surface area contributed by atoms with E-state index in [-0.39, 0.29) is 19.0 Å². The number of fused-ring (bicyclic) bond motifs is 1. The quantitative estimate of drug-likeness (QED) is 0.675. The van der Waals surface area contributed by atoms with Gasteiger partial charge in [-0.05, 0) is 0 Å². The Morgan fingerprint density at radius 3 is 3.06 bits per heavy atom. The van der Waals surface area contributed by atoms with E-state index in [0.29, 0.717) is 19.6 Å². The molecule has 2 rings (SSSR count). The zero-order valence-electron chi connectivity index (χ0n) is 8.59. The van der Waals surface area contributed by atoms with Crippen LogP contribution in [0.1, 0.15) is 17.2 Å². The molecule has 0 spiro atoms. The molecule has 0 aliphatic carbocycles. The summed E-state index contributed by atoms with van der Waals surface area (Å²) in [5.41, 5.74) is 1.62. The fraction of sp³-hybridized carbons (Fsp3) is 0.556. The van der Waals surface area contributed by atoms with Gasteiger partial charge in [0.15, 0.2) is 0 Å². The molecule has 1 aliphatic heterocycles. The molecule has 6 nitrogen and oxygen atoms in total. The Bertz CT molecular complexity index is 380. The zero-order valence-corrected chi connectivity index (χ0v) is 9.40. The Hall–Kier alpha value is -1.11. The number of hydrogen-bond donors (Lipinski definition) is 3. The monoisotopic (exact) mass is 247 g/mol. The highest BCUT2D eigenvalue weighted by molar-refractivity contribution is 5.85. The van der Waals surface area contributed by atoms with E-state index < -0.39 is 11.9 Å². The second-order valence-electron chi connectivity index (χ2n) is 3.52. The summed E-state index contributed by atoms with van der Waals surface area (Å²) < 4.78 is 1.65. The predicted molar refractivity (Wildman–Crippen MR) is 58.6 cm³/mol. The predicted octanol–water partition coefficient (Wildman–Crippen LogP) is -0.431. The van der Waals surface area contributed by atoms with Gasteiger partial charge in [-0.2, -0.15) is 5.10 Å². The normalized spacial score (nSPS) is 18.7. The van der Waals surface area contributed by atoms with Gasteiger partial charge in [-0.25, -0.2) is 0 Å². The number of rotatable bonds is 3. The van der Waals surface area contributed by atoms with E-state index >= 15 is 0 Å². The van der Waals surface area contributed by atoms with E-state index in [4.69, 9.17) is 10.2 Å². The molecule has 1 aromatic rings. The molecule has 1 atom stereocenters. The summed E-state index contributed by atoms with van der Waals surface area (Å²) in [6.45, 7) is 1.46. The van der Waals surface area contributed by atoms with Crippen LogP contribution in [0.5, 0.6) is 0 Å². The molecule has 1 unspecified atom stereocenters. The number of carbonyl (C=O) groups is 1. The number of nitrogens with one attached hydrogen (secondary N) is 1. The number of carboxylic acids is 1. The topological polar surface area (TPSA) is 87.4 Å². The molecule has 1 aliphatic rings. The molecule has 16 heavy (non-hydrogen) atoms. The van der Waals surface area contributed by atoms with Gasteiger partial charge in [-0.1, -0.05) is 0 Å². The van der Waals surface area contributed by atoms with Crippen LogP contribution >= 0.6 is 12.4 Å². The number of carboxylic acid groups (broad SMARTS) is 1. The lowest BCUT2D eigenvalue weighted by Crippen LogP contribution is -2.33. The third-order valence-corrected chi connectivity index (χ3v) is 2.61.